The van der Waals surface area contributed by atoms with E-state index < -0.39 is 5.60 Å². The summed E-state index contributed by atoms with van der Waals surface area (Å²) in [7, 11) is 3.30. The van der Waals surface area contributed by atoms with Gasteiger partial charge in [-0.1, -0.05) is 25.8 Å². The molecular formula is C22H34N2O4. The number of carbonyl (C=O) groups is 1. The first-order valence-corrected chi connectivity index (χ1v) is 10.5. The van der Waals surface area contributed by atoms with Crippen LogP contribution in [0.3, 0.4) is 0 Å². The van der Waals surface area contributed by atoms with E-state index in [0.717, 1.165) is 49.2 Å². The molecule has 1 heterocycles. The van der Waals surface area contributed by atoms with Crippen LogP contribution >= 0.6 is 0 Å². The molecule has 1 aromatic carbocycles. The molecule has 1 aromatic rings. The number of piperidine rings is 1. The Morgan fingerprint density at radius 1 is 1.29 bits per heavy atom. The van der Waals surface area contributed by atoms with Crippen molar-refractivity contribution in [2.45, 2.75) is 57.1 Å². The van der Waals surface area contributed by atoms with Gasteiger partial charge in [-0.2, -0.15) is 0 Å². The van der Waals surface area contributed by atoms with E-state index in [1.54, 1.807) is 14.2 Å². The van der Waals surface area contributed by atoms with Gasteiger partial charge in [0.25, 0.3) is 0 Å². The zero-order valence-electron chi connectivity index (χ0n) is 17.4. The summed E-state index contributed by atoms with van der Waals surface area (Å²) in [5.74, 6) is 1.62. The minimum atomic E-state index is -0.662. The number of likely N-dealkylation sites (tertiary alicyclic amines) is 1. The lowest BCUT2D eigenvalue weighted by molar-refractivity contribution is -0.138. The standard InChI is InChI=1S/C22H34N2O4/c1-4-12-23-20(25)15-24-13-11-22(26)10-6-5-7-18(22)21(24)17-9-8-16(27-2)14-19(17)28-3/h8-9,14,18,21,26H,4-7,10-13,15H2,1-3H3,(H,23,25)/t18?,21-,22?/m0/s1. The van der Waals surface area contributed by atoms with Gasteiger partial charge in [-0.15, -0.1) is 0 Å². The number of carbonyl (C=O) groups excluding carboxylic acids is 1. The molecule has 6 nitrogen and oxygen atoms in total. The molecule has 156 valence electrons. The van der Waals surface area contributed by atoms with Crippen LogP contribution in [0.25, 0.3) is 0 Å². The summed E-state index contributed by atoms with van der Waals surface area (Å²) in [4.78, 5) is 14.7. The molecule has 1 aliphatic heterocycles. The molecule has 6 heteroatoms. The normalized spacial score (nSPS) is 27.7. The third-order valence-electron chi connectivity index (χ3n) is 6.35. The molecule has 1 saturated heterocycles. The van der Waals surface area contributed by atoms with Crippen molar-refractivity contribution in [3.8, 4) is 11.5 Å². The van der Waals surface area contributed by atoms with Gasteiger partial charge in [-0.05, 0) is 31.7 Å². The van der Waals surface area contributed by atoms with Crippen molar-refractivity contribution in [2.24, 2.45) is 5.92 Å². The third-order valence-corrected chi connectivity index (χ3v) is 6.35. The Morgan fingerprint density at radius 3 is 2.82 bits per heavy atom. The monoisotopic (exact) mass is 390 g/mol. The summed E-state index contributed by atoms with van der Waals surface area (Å²) in [5.41, 5.74) is 0.362. The molecule has 2 N–H and O–H groups in total. The van der Waals surface area contributed by atoms with Crippen molar-refractivity contribution in [1.29, 1.82) is 0 Å². The van der Waals surface area contributed by atoms with Gasteiger partial charge in [-0.3, -0.25) is 9.69 Å². The lowest BCUT2D eigenvalue weighted by Crippen LogP contribution is -2.56. The van der Waals surface area contributed by atoms with Crippen LogP contribution < -0.4 is 14.8 Å². The lowest BCUT2D eigenvalue weighted by Gasteiger charge is -2.52. The number of nitrogens with one attached hydrogen (secondary N) is 1. The highest BCUT2D eigenvalue weighted by Gasteiger charge is 2.49. The molecule has 0 radical (unpaired) electrons. The summed E-state index contributed by atoms with van der Waals surface area (Å²) in [5, 5.41) is 14.4. The number of rotatable bonds is 7. The average molecular weight is 391 g/mol. The fourth-order valence-electron chi connectivity index (χ4n) is 4.90. The number of methoxy groups -OCH3 is 2. The Balaban J connectivity index is 1.95. The summed E-state index contributed by atoms with van der Waals surface area (Å²) in [6, 6.07) is 5.80. The van der Waals surface area contributed by atoms with E-state index >= 15 is 0 Å². The van der Waals surface area contributed by atoms with E-state index in [4.69, 9.17) is 9.47 Å². The highest BCUT2D eigenvalue weighted by atomic mass is 16.5. The SMILES string of the molecule is CCCNC(=O)CN1CCC2(O)CCCCC2[C@@H]1c1ccc(OC)cc1OC. The maximum atomic E-state index is 12.5. The first-order valence-electron chi connectivity index (χ1n) is 10.5. The summed E-state index contributed by atoms with van der Waals surface area (Å²) < 4.78 is 11.0. The molecule has 2 unspecified atom stereocenters. The molecule has 0 aromatic heterocycles. The highest BCUT2D eigenvalue weighted by molar-refractivity contribution is 5.78. The van der Waals surface area contributed by atoms with Crippen LogP contribution in [-0.4, -0.2) is 55.4 Å². The molecule has 0 spiro atoms. The van der Waals surface area contributed by atoms with Crippen LogP contribution in [0.1, 0.15) is 57.1 Å². The maximum Gasteiger partial charge on any atom is 0.234 e. The van der Waals surface area contributed by atoms with Gasteiger partial charge < -0.3 is 19.9 Å². The topological polar surface area (TPSA) is 71.0 Å². The second-order valence-corrected chi connectivity index (χ2v) is 8.08. The molecule has 3 rings (SSSR count). The van der Waals surface area contributed by atoms with Crippen LogP contribution in [0.4, 0.5) is 0 Å². The van der Waals surface area contributed by atoms with Gasteiger partial charge in [0.2, 0.25) is 5.91 Å². The molecule has 2 fully saturated rings. The zero-order chi connectivity index (χ0) is 20.1. The van der Waals surface area contributed by atoms with Crippen molar-refractivity contribution in [3.05, 3.63) is 23.8 Å². The molecule has 1 amide bonds. The van der Waals surface area contributed by atoms with E-state index in [1.165, 1.54) is 0 Å². The van der Waals surface area contributed by atoms with E-state index in [-0.39, 0.29) is 17.9 Å². The van der Waals surface area contributed by atoms with E-state index in [2.05, 4.69) is 10.2 Å². The lowest BCUT2D eigenvalue weighted by atomic mass is 9.66. The van der Waals surface area contributed by atoms with Crippen LogP contribution in [0, 0.1) is 5.92 Å². The Kier molecular flexibility index (Phi) is 6.83. The van der Waals surface area contributed by atoms with Crippen molar-refractivity contribution in [2.75, 3.05) is 33.9 Å². The number of aliphatic hydroxyl groups is 1. The van der Waals surface area contributed by atoms with Gasteiger partial charge in [0.05, 0.1) is 26.4 Å². The van der Waals surface area contributed by atoms with Crippen LogP contribution in [0.5, 0.6) is 11.5 Å². The Hall–Kier alpha value is -1.79. The average Bonchev–Trinajstić information content (AvgIpc) is 2.71. The minimum absolute atomic E-state index is 0.0422. The molecular weight excluding hydrogens is 356 g/mol. The fraction of sp³-hybridized carbons (Fsp3) is 0.682. The van der Waals surface area contributed by atoms with Gasteiger partial charge in [0.15, 0.2) is 0 Å². The van der Waals surface area contributed by atoms with Crippen LogP contribution in [0.2, 0.25) is 0 Å². The largest absolute Gasteiger partial charge is 0.497 e. The summed E-state index contributed by atoms with van der Waals surface area (Å²) in [6.45, 7) is 3.78. The Labute approximate surface area is 168 Å². The van der Waals surface area contributed by atoms with Crippen LogP contribution in [0.15, 0.2) is 18.2 Å². The molecule has 1 aliphatic carbocycles. The number of amides is 1. The van der Waals surface area contributed by atoms with Crippen molar-refractivity contribution in [1.82, 2.24) is 10.2 Å². The molecule has 2 aliphatic rings. The minimum Gasteiger partial charge on any atom is -0.497 e. The van der Waals surface area contributed by atoms with Gasteiger partial charge in [-0.25, -0.2) is 0 Å². The van der Waals surface area contributed by atoms with Crippen molar-refractivity contribution < 1.29 is 19.4 Å². The zero-order valence-corrected chi connectivity index (χ0v) is 17.4. The summed E-state index contributed by atoms with van der Waals surface area (Å²) >= 11 is 0. The van der Waals surface area contributed by atoms with E-state index in [9.17, 15) is 9.90 Å². The number of ether oxygens (including phenoxy) is 2. The molecule has 0 bridgehead atoms. The first kappa shape index (κ1) is 20.9. The predicted molar refractivity (Wildman–Crippen MR) is 109 cm³/mol. The number of hydrogen-bond acceptors (Lipinski definition) is 5. The molecule has 1 saturated carbocycles. The third kappa shape index (κ3) is 4.28. The number of fused-ring (bicyclic) bond motifs is 1. The first-order chi connectivity index (χ1) is 13.5. The van der Waals surface area contributed by atoms with Crippen LogP contribution in [-0.2, 0) is 4.79 Å². The van der Waals surface area contributed by atoms with Gasteiger partial charge in [0.1, 0.15) is 11.5 Å². The van der Waals surface area contributed by atoms with Gasteiger partial charge in [0, 0.05) is 36.7 Å². The number of hydrogen-bond donors (Lipinski definition) is 2. The Morgan fingerprint density at radius 2 is 2.11 bits per heavy atom. The second-order valence-electron chi connectivity index (χ2n) is 8.08. The smallest absolute Gasteiger partial charge is 0.234 e. The van der Waals surface area contributed by atoms with Crippen molar-refractivity contribution >= 4 is 5.91 Å². The fourth-order valence-corrected chi connectivity index (χ4v) is 4.90. The maximum absolute atomic E-state index is 12.5. The van der Waals surface area contributed by atoms with Crippen molar-refractivity contribution in [3.63, 3.8) is 0 Å². The molecule has 28 heavy (non-hydrogen) atoms. The van der Waals surface area contributed by atoms with E-state index in [1.807, 2.05) is 25.1 Å². The van der Waals surface area contributed by atoms with E-state index in [0.29, 0.717) is 26.1 Å². The molecule has 3 atom stereocenters. The Bertz CT molecular complexity index is 681. The number of nitrogens with zero attached hydrogens (tertiary/aromatic N) is 1. The summed E-state index contributed by atoms with van der Waals surface area (Å²) in [6.07, 6.45) is 5.61. The van der Waals surface area contributed by atoms with Gasteiger partial charge >= 0.3 is 0 Å². The highest BCUT2D eigenvalue weighted by Crippen LogP contribution is 2.51. The second kappa shape index (κ2) is 9.14. The number of benzene rings is 1. The predicted octanol–water partition coefficient (Wildman–Crippen LogP) is 2.90. The quantitative estimate of drug-likeness (QED) is 0.749.